The number of nitrogens with one attached hydrogen (secondary N) is 1. The number of carbonyl (C=O) groups is 1. The first-order valence-corrected chi connectivity index (χ1v) is 8.95. The van der Waals surface area contributed by atoms with Gasteiger partial charge in [0.05, 0.1) is 17.7 Å². The summed E-state index contributed by atoms with van der Waals surface area (Å²) in [5.41, 5.74) is 0.851. The number of anilines is 1. The second kappa shape index (κ2) is 7.93. The molecule has 0 saturated heterocycles. The van der Waals surface area contributed by atoms with E-state index in [0.29, 0.717) is 21.9 Å². The molecule has 6 heteroatoms. The molecular weight excluding hydrogens is 353 g/mol. The summed E-state index contributed by atoms with van der Waals surface area (Å²) in [6.45, 7) is 0. The standard InChI is InChI=1S/C20H16FNO3S/c1-25-16-8-10-17(11-9-16)26(24)22-19-12-7-15(21)13-18(19)20(23)14-5-3-2-4-6-14/h2-13,22H,1H3. The van der Waals surface area contributed by atoms with E-state index in [0.717, 1.165) is 6.07 Å². The number of halogens is 1. The summed E-state index contributed by atoms with van der Waals surface area (Å²) in [6, 6.07) is 19.0. The van der Waals surface area contributed by atoms with Gasteiger partial charge in [-0.15, -0.1) is 0 Å². The normalized spacial score (nSPS) is 11.6. The molecule has 26 heavy (non-hydrogen) atoms. The van der Waals surface area contributed by atoms with Crippen LogP contribution in [-0.4, -0.2) is 17.1 Å². The monoisotopic (exact) mass is 369 g/mol. The van der Waals surface area contributed by atoms with Crippen LogP contribution in [0.1, 0.15) is 15.9 Å². The molecular formula is C20H16FNO3S. The summed E-state index contributed by atoms with van der Waals surface area (Å²) in [7, 11) is -0.0689. The van der Waals surface area contributed by atoms with Crippen LogP contribution in [0.5, 0.6) is 5.75 Å². The van der Waals surface area contributed by atoms with E-state index in [-0.39, 0.29) is 11.3 Å². The highest BCUT2D eigenvalue weighted by atomic mass is 32.2. The van der Waals surface area contributed by atoms with Crippen LogP contribution in [0.2, 0.25) is 0 Å². The molecule has 0 amide bonds. The second-order valence-corrected chi connectivity index (χ2v) is 6.64. The molecule has 3 rings (SSSR count). The van der Waals surface area contributed by atoms with Gasteiger partial charge in [0.25, 0.3) is 0 Å². The van der Waals surface area contributed by atoms with Crippen molar-refractivity contribution in [2.24, 2.45) is 0 Å². The molecule has 0 spiro atoms. The zero-order valence-corrected chi connectivity index (χ0v) is 14.8. The van der Waals surface area contributed by atoms with E-state index in [4.69, 9.17) is 4.74 Å². The highest BCUT2D eigenvalue weighted by Gasteiger charge is 2.16. The molecule has 3 aromatic carbocycles. The van der Waals surface area contributed by atoms with Crippen LogP contribution in [-0.2, 0) is 11.0 Å². The van der Waals surface area contributed by atoms with Crippen molar-refractivity contribution in [3.8, 4) is 5.75 Å². The van der Waals surface area contributed by atoms with Crippen LogP contribution < -0.4 is 9.46 Å². The van der Waals surface area contributed by atoms with Crippen LogP contribution in [0.4, 0.5) is 10.1 Å². The molecule has 1 unspecified atom stereocenters. The third-order valence-electron chi connectivity index (χ3n) is 3.74. The summed E-state index contributed by atoms with van der Waals surface area (Å²) in [5, 5.41) is 0. The van der Waals surface area contributed by atoms with Gasteiger partial charge in [-0.1, -0.05) is 30.3 Å². The SMILES string of the molecule is COc1ccc(S(=O)Nc2ccc(F)cc2C(=O)c2ccccc2)cc1. The Morgan fingerprint density at radius 3 is 2.35 bits per heavy atom. The molecule has 0 aliphatic rings. The smallest absolute Gasteiger partial charge is 0.195 e. The summed E-state index contributed by atoms with van der Waals surface area (Å²) >= 11 is 0. The third kappa shape index (κ3) is 3.97. The predicted octanol–water partition coefficient (Wildman–Crippen LogP) is 4.20. The maximum Gasteiger partial charge on any atom is 0.195 e. The van der Waals surface area contributed by atoms with E-state index >= 15 is 0 Å². The third-order valence-corrected chi connectivity index (χ3v) is 4.84. The number of ether oxygens (including phenoxy) is 1. The minimum absolute atomic E-state index is 0.123. The Bertz CT molecular complexity index is 943. The number of rotatable bonds is 6. The fourth-order valence-corrected chi connectivity index (χ4v) is 3.28. The van der Waals surface area contributed by atoms with Crippen molar-refractivity contribution in [1.82, 2.24) is 0 Å². The highest BCUT2D eigenvalue weighted by molar-refractivity contribution is 7.86. The topological polar surface area (TPSA) is 55.4 Å². The number of carbonyl (C=O) groups excluding carboxylic acids is 1. The van der Waals surface area contributed by atoms with Gasteiger partial charge in [0.15, 0.2) is 5.78 Å². The Hall–Kier alpha value is -2.99. The molecule has 132 valence electrons. The van der Waals surface area contributed by atoms with Crippen LogP contribution in [0.3, 0.4) is 0 Å². The lowest BCUT2D eigenvalue weighted by atomic mass is 10.0. The van der Waals surface area contributed by atoms with Crippen molar-refractivity contribution in [1.29, 1.82) is 0 Å². The van der Waals surface area contributed by atoms with Gasteiger partial charge < -0.3 is 9.46 Å². The molecule has 0 heterocycles. The molecule has 0 aromatic heterocycles. The summed E-state index contributed by atoms with van der Waals surface area (Å²) in [5.74, 6) is -0.239. The Morgan fingerprint density at radius 2 is 1.69 bits per heavy atom. The van der Waals surface area contributed by atoms with Gasteiger partial charge >= 0.3 is 0 Å². The molecule has 0 fully saturated rings. The number of ketones is 1. The number of hydrogen-bond acceptors (Lipinski definition) is 3. The van der Waals surface area contributed by atoms with Gasteiger partial charge in [-0.2, -0.15) is 0 Å². The average Bonchev–Trinajstić information content (AvgIpc) is 2.69. The van der Waals surface area contributed by atoms with Crippen LogP contribution in [0.15, 0.2) is 77.7 Å². The van der Waals surface area contributed by atoms with E-state index < -0.39 is 16.8 Å². The maximum absolute atomic E-state index is 13.7. The van der Waals surface area contributed by atoms with E-state index in [2.05, 4.69) is 4.72 Å². The molecule has 1 atom stereocenters. The highest BCUT2D eigenvalue weighted by Crippen LogP contribution is 2.23. The molecule has 3 aromatic rings. The minimum atomic E-state index is -1.61. The van der Waals surface area contributed by atoms with Crippen LogP contribution >= 0.6 is 0 Å². The summed E-state index contributed by atoms with van der Waals surface area (Å²) in [6.07, 6.45) is 0. The van der Waals surface area contributed by atoms with Crippen LogP contribution in [0, 0.1) is 5.82 Å². The van der Waals surface area contributed by atoms with Gasteiger partial charge in [-0.3, -0.25) is 4.79 Å². The summed E-state index contributed by atoms with van der Waals surface area (Å²) < 4.78 is 34.1. The van der Waals surface area contributed by atoms with Gasteiger partial charge in [-0.05, 0) is 42.5 Å². The van der Waals surface area contributed by atoms with Gasteiger partial charge in [0, 0.05) is 11.1 Å². The van der Waals surface area contributed by atoms with Gasteiger partial charge in [-0.25, -0.2) is 8.60 Å². The first kappa shape index (κ1) is 17.8. The lowest BCUT2D eigenvalue weighted by Crippen LogP contribution is -2.11. The maximum atomic E-state index is 13.7. The summed E-state index contributed by atoms with van der Waals surface area (Å²) in [4.78, 5) is 13.2. The Balaban J connectivity index is 1.90. The molecule has 1 N–H and O–H groups in total. The molecule has 4 nitrogen and oxygen atoms in total. The Kier molecular flexibility index (Phi) is 5.43. The molecule has 0 aliphatic heterocycles. The van der Waals surface area contributed by atoms with Crippen molar-refractivity contribution in [3.05, 3.63) is 89.7 Å². The molecule has 0 radical (unpaired) electrons. The van der Waals surface area contributed by atoms with Crippen molar-refractivity contribution < 1.29 is 18.1 Å². The number of methoxy groups -OCH3 is 1. The molecule has 0 saturated carbocycles. The van der Waals surface area contributed by atoms with E-state index in [9.17, 15) is 13.4 Å². The predicted molar refractivity (Wildman–Crippen MR) is 99.3 cm³/mol. The van der Waals surface area contributed by atoms with Gasteiger partial charge in [0.2, 0.25) is 0 Å². The zero-order valence-electron chi connectivity index (χ0n) is 13.9. The van der Waals surface area contributed by atoms with Gasteiger partial charge in [0.1, 0.15) is 22.6 Å². The van der Waals surface area contributed by atoms with Crippen LogP contribution in [0.25, 0.3) is 0 Å². The largest absolute Gasteiger partial charge is 0.497 e. The molecule has 0 aliphatic carbocycles. The van der Waals surface area contributed by atoms with E-state index in [1.54, 1.807) is 61.7 Å². The first-order chi connectivity index (χ1) is 12.6. The fourth-order valence-electron chi connectivity index (χ4n) is 2.40. The quantitative estimate of drug-likeness (QED) is 0.663. The van der Waals surface area contributed by atoms with Crippen molar-refractivity contribution in [3.63, 3.8) is 0 Å². The lowest BCUT2D eigenvalue weighted by molar-refractivity contribution is 0.103. The average molecular weight is 369 g/mol. The van der Waals surface area contributed by atoms with Crippen molar-refractivity contribution in [2.45, 2.75) is 4.90 Å². The zero-order chi connectivity index (χ0) is 18.5. The second-order valence-electron chi connectivity index (χ2n) is 5.43. The van der Waals surface area contributed by atoms with Crippen molar-refractivity contribution >= 4 is 22.5 Å². The minimum Gasteiger partial charge on any atom is -0.497 e. The lowest BCUT2D eigenvalue weighted by Gasteiger charge is -2.12. The van der Waals surface area contributed by atoms with Crippen molar-refractivity contribution in [2.75, 3.05) is 11.8 Å². The number of hydrogen-bond donors (Lipinski definition) is 1. The van der Waals surface area contributed by atoms with E-state index in [1.807, 2.05) is 0 Å². The molecule has 0 bridgehead atoms. The van der Waals surface area contributed by atoms with E-state index in [1.165, 1.54) is 12.1 Å². The Morgan fingerprint density at radius 1 is 1.00 bits per heavy atom. The number of benzene rings is 3. The Labute approximate surface area is 153 Å². The first-order valence-electron chi connectivity index (χ1n) is 7.80. The fraction of sp³-hybridized carbons (Fsp3) is 0.0500.